The van der Waals surface area contributed by atoms with E-state index in [4.69, 9.17) is 16.3 Å². The molecular formula is C14H20ClNO2. The second-order valence-electron chi connectivity index (χ2n) is 4.69. The van der Waals surface area contributed by atoms with Gasteiger partial charge in [-0.05, 0) is 44.5 Å². The SMILES string of the molecule is Cc1cc(OC(C)C)ccc1NC(=O)C(C)CCl. The molecule has 4 heteroatoms. The van der Waals surface area contributed by atoms with Crippen LogP contribution in [0.3, 0.4) is 0 Å². The Bertz CT molecular complexity index is 418. The Morgan fingerprint density at radius 1 is 1.39 bits per heavy atom. The summed E-state index contributed by atoms with van der Waals surface area (Å²) in [6.45, 7) is 7.70. The molecule has 0 radical (unpaired) electrons. The highest BCUT2D eigenvalue weighted by molar-refractivity contribution is 6.19. The third-order valence-electron chi connectivity index (χ3n) is 2.51. The Morgan fingerprint density at radius 2 is 2.06 bits per heavy atom. The number of hydrogen-bond donors (Lipinski definition) is 1. The molecule has 3 nitrogen and oxygen atoms in total. The van der Waals surface area contributed by atoms with Crippen LogP contribution in [0, 0.1) is 12.8 Å². The van der Waals surface area contributed by atoms with Crippen LogP contribution >= 0.6 is 11.6 Å². The monoisotopic (exact) mass is 269 g/mol. The second kappa shape index (κ2) is 6.64. The lowest BCUT2D eigenvalue weighted by Crippen LogP contribution is -2.21. The Kier molecular flexibility index (Phi) is 5.48. The first kappa shape index (κ1) is 14.8. The van der Waals surface area contributed by atoms with Crippen LogP contribution in [0.2, 0.25) is 0 Å². The number of nitrogens with one attached hydrogen (secondary N) is 1. The highest BCUT2D eigenvalue weighted by Gasteiger charge is 2.12. The Balaban J connectivity index is 2.76. The van der Waals surface area contributed by atoms with Crippen LogP contribution in [0.5, 0.6) is 5.75 Å². The number of rotatable bonds is 5. The Morgan fingerprint density at radius 3 is 2.56 bits per heavy atom. The van der Waals surface area contributed by atoms with Gasteiger partial charge in [-0.2, -0.15) is 0 Å². The maximum atomic E-state index is 11.7. The molecule has 18 heavy (non-hydrogen) atoms. The minimum Gasteiger partial charge on any atom is -0.491 e. The zero-order valence-corrected chi connectivity index (χ0v) is 12.0. The predicted molar refractivity (Wildman–Crippen MR) is 75.5 cm³/mol. The molecule has 1 N–H and O–H groups in total. The lowest BCUT2D eigenvalue weighted by atomic mass is 10.1. The number of carbonyl (C=O) groups is 1. The molecule has 1 atom stereocenters. The number of carbonyl (C=O) groups excluding carboxylic acids is 1. The maximum absolute atomic E-state index is 11.7. The van der Waals surface area contributed by atoms with E-state index in [0.717, 1.165) is 17.0 Å². The molecule has 0 aliphatic rings. The van der Waals surface area contributed by atoms with Crippen LogP contribution < -0.4 is 10.1 Å². The summed E-state index contributed by atoms with van der Waals surface area (Å²) in [5.41, 5.74) is 1.77. The van der Waals surface area contributed by atoms with Gasteiger partial charge in [0.1, 0.15) is 5.75 Å². The molecule has 100 valence electrons. The van der Waals surface area contributed by atoms with Crippen molar-refractivity contribution in [2.24, 2.45) is 5.92 Å². The summed E-state index contributed by atoms with van der Waals surface area (Å²) >= 11 is 5.65. The molecule has 1 aromatic rings. The van der Waals surface area contributed by atoms with E-state index in [0.29, 0.717) is 5.88 Å². The summed E-state index contributed by atoms with van der Waals surface area (Å²) in [4.78, 5) is 11.7. The van der Waals surface area contributed by atoms with E-state index in [1.165, 1.54) is 0 Å². The Labute approximate surface area is 113 Å². The van der Waals surface area contributed by atoms with Crippen molar-refractivity contribution in [1.82, 2.24) is 0 Å². The number of alkyl halides is 1. The lowest BCUT2D eigenvalue weighted by Gasteiger charge is -2.14. The van der Waals surface area contributed by atoms with Crippen LogP contribution in [0.15, 0.2) is 18.2 Å². The molecule has 0 saturated heterocycles. The summed E-state index contributed by atoms with van der Waals surface area (Å²) in [5.74, 6) is 0.869. The normalized spacial score (nSPS) is 12.3. The number of halogens is 1. The summed E-state index contributed by atoms with van der Waals surface area (Å²) in [7, 11) is 0. The standard InChI is InChI=1S/C14H20ClNO2/c1-9(2)18-12-5-6-13(10(3)7-12)16-14(17)11(4)8-15/h5-7,9,11H,8H2,1-4H3,(H,16,17). The molecular weight excluding hydrogens is 250 g/mol. The van der Waals surface area contributed by atoms with Gasteiger partial charge in [0.15, 0.2) is 0 Å². The van der Waals surface area contributed by atoms with Crippen molar-refractivity contribution < 1.29 is 9.53 Å². The van der Waals surface area contributed by atoms with Crippen molar-refractivity contribution in [3.63, 3.8) is 0 Å². The average Bonchev–Trinajstić information content (AvgIpc) is 2.30. The van der Waals surface area contributed by atoms with Gasteiger partial charge in [-0.3, -0.25) is 4.79 Å². The summed E-state index contributed by atoms with van der Waals surface area (Å²) in [6.07, 6.45) is 0.140. The predicted octanol–water partition coefficient (Wildman–Crippen LogP) is 3.60. The molecule has 0 aliphatic carbocycles. The van der Waals surface area contributed by atoms with Gasteiger partial charge in [0.2, 0.25) is 5.91 Å². The number of ether oxygens (including phenoxy) is 1. The first-order chi connectivity index (χ1) is 8.43. The number of benzene rings is 1. The average molecular weight is 270 g/mol. The molecule has 0 aliphatic heterocycles. The lowest BCUT2D eigenvalue weighted by molar-refractivity contribution is -0.118. The third-order valence-corrected chi connectivity index (χ3v) is 2.97. The third kappa shape index (κ3) is 4.22. The molecule has 0 spiro atoms. The van der Waals surface area contributed by atoms with Crippen molar-refractivity contribution in [3.8, 4) is 5.75 Å². The zero-order valence-electron chi connectivity index (χ0n) is 11.3. The highest BCUT2D eigenvalue weighted by Crippen LogP contribution is 2.22. The van der Waals surface area contributed by atoms with Gasteiger partial charge in [-0.25, -0.2) is 0 Å². The fourth-order valence-corrected chi connectivity index (χ4v) is 1.59. The smallest absolute Gasteiger partial charge is 0.228 e. The fraction of sp³-hybridized carbons (Fsp3) is 0.500. The van der Waals surface area contributed by atoms with Crippen molar-refractivity contribution >= 4 is 23.2 Å². The van der Waals surface area contributed by atoms with E-state index in [9.17, 15) is 4.79 Å². The van der Waals surface area contributed by atoms with Crippen LogP contribution in [0.4, 0.5) is 5.69 Å². The molecule has 0 aromatic heterocycles. The molecule has 0 bridgehead atoms. The van der Waals surface area contributed by atoms with Crippen molar-refractivity contribution in [2.45, 2.75) is 33.8 Å². The second-order valence-corrected chi connectivity index (χ2v) is 5.00. The molecule has 1 amide bonds. The van der Waals surface area contributed by atoms with E-state index >= 15 is 0 Å². The van der Waals surface area contributed by atoms with Gasteiger partial charge in [0.25, 0.3) is 0 Å². The summed E-state index contributed by atoms with van der Waals surface area (Å²) in [6, 6.07) is 5.63. The van der Waals surface area contributed by atoms with Gasteiger partial charge in [0, 0.05) is 17.5 Å². The van der Waals surface area contributed by atoms with Gasteiger partial charge in [-0.1, -0.05) is 6.92 Å². The van der Waals surface area contributed by atoms with Crippen molar-refractivity contribution in [1.29, 1.82) is 0 Å². The molecule has 1 rings (SSSR count). The van der Waals surface area contributed by atoms with Crippen LogP contribution in [-0.2, 0) is 4.79 Å². The summed E-state index contributed by atoms with van der Waals surface area (Å²) < 4.78 is 5.59. The van der Waals surface area contributed by atoms with Gasteiger partial charge in [-0.15, -0.1) is 11.6 Å². The number of anilines is 1. The van der Waals surface area contributed by atoms with E-state index in [1.807, 2.05) is 39.0 Å². The van der Waals surface area contributed by atoms with Gasteiger partial charge >= 0.3 is 0 Å². The largest absolute Gasteiger partial charge is 0.491 e. The van der Waals surface area contributed by atoms with E-state index < -0.39 is 0 Å². The first-order valence-electron chi connectivity index (χ1n) is 6.08. The fourth-order valence-electron chi connectivity index (χ4n) is 1.45. The topological polar surface area (TPSA) is 38.3 Å². The molecule has 0 heterocycles. The van der Waals surface area contributed by atoms with Gasteiger partial charge in [0.05, 0.1) is 6.10 Å². The summed E-state index contributed by atoms with van der Waals surface area (Å²) in [5, 5.41) is 2.86. The van der Waals surface area contributed by atoms with E-state index in [1.54, 1.807) is 6.92 Å². The van der Waals surface area contributed by atoms with Crippen LogP contribution in [-0.4, -0.2) is 17.9 Å². The number of hydrogen-bond acceptors (Lipinski definition) is 2. The molecule has 1 aromatic carbocycles. The number of aryl methyl sites for hydroxylation is 1. The van der Waals surface area contributed by atoms with Crippen molar-refractivity contribution in [3.05, 3.63) is 23.8 Å². The van der Waals surface area contributed by atoms with Gasteiger partial charge < -0.3 is 10.1 Å². The van der Waals surface area contributed by atoms with Crippen molar-refractivity contribution in [2.75, 3.05) is 11.2 Å². The minimum atomic E-state index is -0.197. The highest BCUT2D eigenvalue weighted by atomic mass is 35.5. The Hall–Kier alpha value is -1.22. The maximum Gasteiger partial charge on any atom is 0.228 e. The number of amides is 1. The quantitative estimate of drug-likeness (QED) is 0.830. The molecule has 1 unspecified atom stereocenters. The van der Waals surface area contributed by atoms with E-state index in [2.05, 4.69) is 5.32 Å². The molecule has 0 fully saturated rings. The zero-order chi connectivity index (χ0) is 13.7. The van der Waals surface area contributed by atoms with Crippen LogP contribution in [0.25, 0.3) is 0 Å². The minimum absolute atomic E-state index is 0.0642. The first-order valence-corrected chi connectivity index (χ1v) is 6.61. The molecule has 0 saturated carbocycles. The van der Waals surface area contributed by atoms with Crippen LogP contribution in [0.1, 0.15) is 26.3 Å². The van der Waals surface area contributed by atoms with E-state index in [-0.39, 0.29) is 17.9 Å².